The normalized spacial score (nSPS) is 10.6. The van der Waals surface area contributed by atoms with Crippen molar-refractivity contribution in [3.05, 3.63) is 63.9 Å². The van der Waals surface area contributed by atoms with Crippen LogP contribution in [0.4, 0.5) is 4.39 Å². The lowest BCUT2D eigenvalue weighted by Gasteiger charge is -2.03. The Morgan fingerprint density at radius 1 is 1.05 bits per heavy atom. The third-order valence-corrected chi connectivity index (χ3v) is 4.40. The van der Waals surface area contributed by atoms with E-state index in [9.17, 15) is 9.18 Å². The lowest BCUT2D eigenvalue weighted by Crippen LogP contribution is -2.05. The largest absolute Gasteiger partial charge is 0.298 e. The second-order valence-corrected chi connectivity index (χ2v) is 6.07. The molecule has 0 radical (unpaired) electrons. The van der Waals surface area contributed by atoms with E-state index in [4.69, 9.17) is 23.2 Å². The van der Waals surface area contributed by atoms with Gasteiger partial charge < -0.3 is 0 Å². The van der Waals surface area contributed by atoms with Gasteiger partial charge in [0, 0.05) is 11.3 Å². The number of benzene rings is 2. The number of thioether (sulfide) groups is 1. The smallest absolute Gasteiger partial charge is 0.147 e. The van der Waals surface area contributed by atoms with Crippen molar-refractivity contribution in [1.82, 2.24) is 0 Å². The zero-order valence-corrected chi connectivity index (χ0v) is 12.7. The summed E-state index contributed by atoms with van der Waals surface area (Å²) in [4.78, 5) is 12.7. The molecular formula is C15H11Cl2FOS. The van der Waals surface area contributed by atoms with Gasteiger partial charge in [-0.1, -0.05) is 35.3 Å². The molecule has 2 aromatic rings. The summed E-state index contributed by atoms with van der Waals surface area (Å²) in [6.07, 6.45) is 0.300. The van der Waals surface area contributed by atoms with Gasteiger partial charge >= 0.3 is 0 Å². The standard InChI is InChI=1S/C15H11Cl2FOS/c16-14-6-5-13(8-15(14)17)20-9-12(19)7-10-1-3-11(18)4-2-10/h1-6,8H,7,9H2. The third-order valence-electron chi connectivity index (χ3n) is 2.61. The van der Waals surface area contributed by atoms with Crippen molar-refractivity contribution in [2.45, 2.75) is 11.3 Å². The summed E-state index contributed by atoms with van der Waals surface area (Å²) in [5.74, 6) is 0.120. The first-order chi connectivity index (χ1) is 9.54. The van der Waals surface area contributed by atoms with Crippen molar-refractivity contribution in [1.29, 1.82) is 0 Å². The molecule has 104 valence electrons. The Labute approximate surface area is 131 Å². The maximum absolute atomic E-state index is 12.8. The predicted molar refractivity (Wildman–Crippen MR) is 82.3 cm³/mol. The number of carbonyl (C=O) groups is 1. The second kappa shape index (κ2) is 7.11. The summed E-state index contributed by atoms with van der Waals surface area (Å²) in [5.41, 5.74) is 0.811. The van der Waals surface area contributed by atoms with Crippen LogP contribution >= 0.6 is 35.0 Å². The number of Topliss-reactive ketones (excluding diaryl/α,β-unsaturated/α-hetero) is 1. The van der Waals surface area contributed by atoms with Crippen LogP contribution in [0.1, 0.15) is 5.56 Å². The van der Waals surface area contributed by atoms with Crippen LogP contribution in [0.2, 0.25) is 10.0 Å². The highest BCUT2D eigenvalue weighted by Gasteiger charge is 2.06. The summed E-state index contributed by atoms with van der Waals surface area (Å²) in [6, 6.07) is 11.2. The topological polar surface area (TPSA) is 17.1 Å². The van der Waals surface area contributed by atoms with Crippen molar-refractivity contribution in [3.63, 3.8) is 0 Å². The number of rotatable bonds is 5. The van der Waals surface area contributed by atoms with Gasteiger partial charge in [-0.2, -0.15) is 0 Å². The van der Waals surface area contributed by atoms with E-state index >= 15 is 0 Å². The summed E-state index contributed by atoms with van der Waals surface area (Å²) in [6.45, 7) is 0. The van der Waals surface area contributed by atoms with Crippen molar-refractivity contribution in [3.8, 4) is 0 Å². The first-order valence-electron chi connectivity index (χ1n) is 5.88. The lowest BCUT2D eigenvalue weighted by molar-refractivity contribution is -0.116. The van der Waals surface area contributed by atoms with Gasteiger partial charge in [-0.3, -0.25) is 4.79 Å². The van der Waals surface area contributed by atoms with Gasteiger partial charge in [-0.15, -0.1) is 11.8 Å². The quantitative estimate of drug-likeness (QED) is 0.715. The van der Waals surface area contributed by atoms with E-state index in [0.29, 0.717) is 22.2 Å². The highest BCUT2D eigenvalue weighted by molar-refractivity contribution is 8.00. The first-order valence-corrected chi connectivity index (χ1v) is 7.63. The summed E-state index contributed by atoms with van der Waals surface area (Å²) in [7, 11) is 0. The van der Waals surface area contributed by atoms with Crippen LogP contribution in [-0.2, 0) is 11.2 Å². The molecule has 0 N–H and O–H groups in total. The molecule has 0 amide bonds. The van der Waals surface area contributed by atoms with Gasteiger partial charge in [0.2, 0.25) is 0 Å². The molecule has 2 rings (SSSR count). The van der Waals surface area contributed by atoms with E-state index in [1.165, 1.54) is 23.9 Å². The fraction of sp³-hybridized carbons (Fsp3) is 0.133. The van der Waals surface area contributed by atoms with Crippen LogP contribution in [-0.4, -0.2) is 11.5 Å². The molecule has 2 aromatic carbocycles. The van der Waals surface area contributed by atoms with Crippen LogP contribution in [0.5, 0.6) is 0 Å². The molecule has 1 nitrogen and oxygen atoms in total. The Morgan fingerprint density at radius 3 is 2.40 bits per heavy atom. The molecule has 0 aliphatic heterocycles. The van der Waals surface area contributed by atoms with Crippen molar-refractivity contribution in [2.75, 3.05) is 5.75 Å². The van der Waals surface area contributed by atoms with E-state index in [0.717, 1.165) is 10.5 Å². The monoisotopic (exact) mass is 328 g/mol. The lowest BCUT2D eigenvalue weighted by atomic mass is 10.1. The molecule has 0 fully saturated rings. The molecule has 0 unspecified atom stereocenters. The van der Waals surface area contributed by atoms with Crippen LogP contribution in [0.3, 0.4) is 0 Å². The predicted octanol–water partition coefficient (Wildman–Crippen LogP) is 5.04. The molecule has 0 spiro atoms. The molecule has 0 aromatic heterocycles. The number of halogens is 3. The van der Waals surface area contributed by atoms with E-state index < -0.39 is 0 Å². The van der Waals surface area contributed by atoms with E-state index in [-0.39, 0.29) is 11.6 Å². The summed E-state index contributed by atoms with van der Waals surface area (Å²) in [5, 5.41) is 0.969. The number of hydrogen-bond donors (Lipinski definition) is 0. The molecule has 5 heteroatoms. The van der Waals surface area contributed by atoms with Crippen LogP contribution < -0.4 is 0 Å². The van der Waals surface area contributed by atoms with Gasteiger partial charge in [0.1, 0.15) is 11.6 Å². The van der Waals surface area contributed by atoms with Gasteiger partial charge in [-0.05, 0) is 35.9 Å². The van der Waals surface area contributed by atoms with E-state index in [1.54, 1.807) is 24.3 Å². The van der Waals surface area contributed by atoms with Crippen LogP contribution in [0.15, 0.2) is 47.4 Å². The average molecular weight is 329 g/mol. The first kappa shape index (κ1) is 15.4. The SMILES string of the molecule is O=C(CSc1ccc(Cl)c(Cl)c1)Cc1ccc(F)cc1. The molecule has 0 bridgehead atoms. The fourth-order valence-electron chi connectivity index (χ4n) is 1.61. The minimum absolute atomic E-state index is 0.0766. The minimum atomic E-state index is -0.300. The number of carbonyl (C=O) groups excluding carboxylic acids is 1. The zero-order chi connectivity index (χ0) is 14.5. The molecule has 0 atom stereocenters. The van der Waals surface area contributed by atoms with Crippen LogP contribution in [0, 0.1) is 5.82 Å². The number of ketones is 1. The number of hydrogen-bond acceptors (Lipinski definition) is 2. The molecule has 0 saturated carbocycles. The van der Waals surface area contributed by atoms with E-state index in [1.807, 2.05) is 6.07 Å². The Hall–Kier alpha value is -1.03. The Balaban J connectivity index is 1.88. The molecule has 0 saturated heterocycles. The van der Waals surface area contributed by atoms with Gasteiger partial charge in [0.25, 0.3) is 0 Å². The minimum Gasteiger partial charge on any atom is -0.298 e. The van der Waals surface area contributed by atoms with Gasteiger partial charge in [0.15, 0.2) is 0 Å². The highest BCUT2D eigenvalue weighted by atomic mass is 35.5. The van der Waals surface area contributed by atoms with Gasteiger partial charge in [0.05, 0.1) is 15.8 Å². The molecular weight excluding hydrogens is 318 g/mol. The molecule has 0 aliphatic carbocycles. The summed E-state index contributed by atoms with van der Waals surface area (Å²) < 4.78 is 12.8. The highest BCUT2D eigenvalue weighted by Crippen LogP contribution is 2.28. The van der Waals surface area contributed by atoms with Crippen molar-refractivity contribution in [2.24, 2.45) is 0 Å². The Kier molecular flexibility index (Phi) is 5.46. The fourth-order valence-corrected chi connectivity index (χ4v) is 2.77. The maximum Gasteiger partial charge on any atom is 0.147 e. The Bertz CT molecular complexity index is 614. The zero-order valence-electron chi connectivity index (χ0n) is 10.4. The molecule has 0 heterocycles. The van der Waals surface area contributed by atoms with Crippen LogP contribution in [0.25, 0.3) is 0 Å². The Morgan fingerprint density at radius 2 is 1.75 bits per heavy atom. The molecule has 0 aliphatic rings. The molecule has 20 heavy (non-hydrogen) atoms. The third kappa shape index (κ3) is 4.51. The van der Waals surface area contributed by atoms with Gasteiger partial charge in [-0.25, -0.2) is 4.39 Å². The average Bonchev–Trinajstić information content (AvgIpc) is 2.43. The second-order valence-electron chi connectivity index (χ2n) is 4.21. The van der Waals surface area contributed by atoms with Crippen molar-refractivity contribution < 1.29 is 9.18 Å². The summed E-state index contributed by atoms with van der Waals surface area (Å²) >= 11 is 13.1. The van der Waals surface area contributed by atoms with Crippen molar-refractivity contribution >= 4 is 40.7 Å². The van der Waals surface area contributed by atoms with E-state index in [2.05, 4.69) is 0 Å². The maximum atomic E-state index is 12.8.